The van der Waals surface area contributed by atoms with Crippen molar-refractivity contribution in [2.24, 2.45) is 5.73 Å². The Balaban J connectivity index is 2.38. The molecule has 0 bridgehead atoms. The monoisotopic (exact) mass is 276 g/mol. The Morgan fingerprint density at radius 1 is 1.26 bits per heavy atom. The Bertz CT molecular complexity index is 609. The van der Waals surface area contributed by atoms with E-state index in [-0.39, 0.29) is 0 Å². The minimum atomic E-state index is -0.870. The molecule has 100 valence electrons. The Labute approximate surface area is 115 Å². The molecule has 1 amide bonds. The van der Waals surface area contributed by atoms with Crippen LogP contribution in [0.3, 0.4) is 0 Å². The van der Waals surface area contributed by atoms with Gasteiger partial charge in [-0.3, -0.25) is 4.79 Å². The number of rotatable bonds is 3. The van der Waals surface area contributed by atoms with Gasteiger partial charge >= 0.3 is 0 Å². The van der Waals surface area contributed by atoms with Gasteiger partial charge in [-0.05, 0) is 31.0 Å². The molecular weight excluding hydrogens is 260 g/mol. The van der Waals surface area contributed by atoms with Crippen LogP contribution in [0.25, 0.3) is 10.4 Å². The SMILES string of the molecule is CC(C)(O)c1ccc(-c2cc(C(N)=O)c(N)s2)cc1. The van der Waals surface area contributed by atoms with Crippen molar-refractivity contribution in [3.63, 3.8) is 0 Å². The molecule has 0 saturated carbocycles. The van der Waals surface area contributed by atoms with Gasteiger partial charge in [0.05, 0.1) is 16.2 Å². The van der Waals surface area contributed by atoms with Gasteiger partial charge in [0, 0.05) is 4.88 Å². The minimum Gasteiger partial charge on any atom is -0.390 e. The average Bonchev–Trinajstić information content (AvgIpc) is 2.70. The standard InChI is InChI=1S/C14H16N2O2S/c1-14(2,18)9-5-3-8(4-6-9)11-7-10(12(15)17)13(16)19-11/h3-7,18H,16H2,1-2H3,(H2,15,17). The molecule has 5 N–H and O–H groups in total. The molecule has 0 radical (unpaired) electrons. The van der Waals surface area contributed by atoms with E-state index in [4.69, 9.17) is 11.5 Å². The second kappa shape index (κ2) is 4.68. The summed E-state index contributed by atoms with van der Waals surface area (Å²) in [6, 6.07) is 9.19. The molecule has 5 heteroatoms. The summed E-state index contributed by atoms with van der Waals surface area (Å²) in [7, 11) is 0. The molecule has 0 aliphatic heterocycles. The van der Waals surface area contributed by atoms with Gasteiger partial charge in [-0.2, -0.15) is 0 Å². The summed E-state index contributed by atoms with van der Waals surface area (Å²) >= 11 is 1.32. The number of primary amides is 1. The summed E-state index contributed by atoms with van der Waals surface area (Å²) in [4.78, 5) is 12.1. The number of amides is 1. The lowest BCUT2D eigenvalue weighted by atomic mass is 9.97. The van der Waals surface area contributed by atoms with Gasteiger partial charge in [-0.1, -0.05) is 24.3 Å². The lowest BCUT2D eigenvalue weighted by Crippen LogP contribution is -2.14. The first-order chi connectivity index (χ1) is 8.79. The van der Waals surface area contributed by atoms with Crippen LogP contribution in [0.15, 0.2) is 30.3 Å². The third-order valence-electron chi connectivity index (χ3n) is 2.90. The number of aliphatic hydroxyl groups is 1. The topological polar surface area (TPSA) is 89.3 Å². The predicted octanol–water partition coefficient (Wildman–Crippen LogP) is 2.32. The van der Waals surface area contributed by atoms with Gasteiger partial charge in [0.15, 0.2) is 0 Å². The number of benzene rings is 1. The van der Waals surface area contributed by atoms with Crippen LogP contribution in [0.2, 0.25) is 0 Å². The highest BCUT2D eigenvalue weighted by Crippen LogP contribution is 2.34. The Kier molecular flexibility index (Phi) is 3.34. The number of nitrogens with two attached hydrogens (primary N) is 2. The van der Waals surface area contributed by atoms with Gasteiger partial charge < -0.3 is 16.6 Å². The zero-order valence-electron chi connectivity index (χ0n) is 10.8. The molecule has 0 spiro atoms. The third-order valence-corrected chi connectivity index (χ3v) is 3.92. The fraction of sp³-hybridized carbons (Fsp3) is 0.214. The zero-order valence-corrected chi connectivity index (χ0v) is 11.6. The molecule has 4 nitrogen and oxygen atoms in total. The summed E-state index contributed by atoms with van der Waals surface area (Å²) in [6.45, 7) is 3.46. The van der Waals surface area contributed by atoms with Crippen LogP contribution in [0.1, 0.15) is 29.8 Å². The number of anilines is 1. The summed E-state index contributed by atoms with van der Waals surface area (Å²) < 4.78 is 0. The van der Waals surface area contributed by atoms with E-state index in [0.29, 0.717) is 10.6 Å². The quantitative estimate of drug-likeness (QED) is 0.803. The average molecular weight is 276 g/mol. The van der Waals surface area contributed by atoms with E-state index >= 15 is 0 Å². The lowest BCUT2D eigenvalue weighted by molar-refractivity contribution is 0.0786. The van der Waals surface area contributed by atoms with Crippen molar-refractivity contribution >= 4 is 22.2 Å². The van der Waals surface area contributed by atoms with Crippen LogP contribution in [-0.4, -0.2) is 11.0 Å². The van der Waals surface area contributed by atoms with Crippen molar-refractivity contribution in [3.05, 3.63) is 41.5 Å². The van der Waals surface area contributed by atoms with Crippen molar-refractivity contribution in [1.29, 1.82) is 0 Å². The Morgan fingerprint density at radius 3 is 2.26 bits per heavy atom. The van der Waals surface area contributed by atoms with E-state index in [9.17, 15) is 9.90 Å². The van der Waals surface area contributed by atoms with Gasteiger partial charge in [-0.25, -0.2) is 0 Å². The first-order valence-electron chi connectivity index (χ1n) is 5.81. The number of thiophene rings is 1. The van der Waals surface area contributed by atoms with Crippen molar-refractivity contribution in [1.82, 2.24) is 0 Å². The number of carbonyl (C=O) groups excluding carboxylic acids is 1. The van der Waals surface area contributed by atoms with Gasteiger partial charge in [0.2, 0.25) is 0 Å². The van der Waals surface area contributed by atoms with Crippen molar-refractivity contribution < 1.29 is 9.90 Å². The van der Waals surface area contributed by atoms with E-state index in [1.807, 2.05) is 24.3 Å². The molecule has 1 aromatic heterocycles. The number of hydrogen-bond donors (Lipinski definition) is 3. The number of hydrogen-bond acceptors (Lipinski definition) is 4. The van der Waals surface area contributed by atoms with Crippen LogP contribution in [0.4, 0.5) is 5.00 Å². The molecule has 2 aromatic rings. The molecule has 0 aliphatic rings. The van der Waals surface area contributed by atoms with Crippen LogP contribution in [0.5, 0.6) is 0 Å². The maximum Gasteiger partial charge on any atom is 0.251 e. The second-order valence-corrected chi connectivity index (χ2v) is 5.97. The fourth-order valence-corrected chi connectivity index (χ4v) is 2.72. The van der Waals surface area contributed by atoms with Crippen molar-refractivity contribution in [2.75, 3.05) is 5.73 Å². The van der Waals surface area contributed by atoms with Crippen LogP contribution in [0, 0.1) is 0 Å². The maximum atomic E-state index is 11.2. The van der Waals surface area contributed by atoms with E-state index in [2.05, 4.69) is 0 Å². The zero-order chi connectivity index (χ0) is 14.2. The maximum absolute atomic E-state index is 11.2. The van der Waals surface area contributed by atoms with E-state index in [0.717, 1.165) is 16.0 Å². The van der Waals surface area contributed by atoms with Crippen molar-refractivity contribution in [3.8, 4) is 10.4 Å². The summed E-state index contributed by atoms with van der Waals surface area (Å²) in [6.07, 6.45) is 0. The van der Waals surface area contributed by atoms with Gasteiger partial charge in [-0.15, -0.1) is 11.3 Å². The summed E-state index contributed by atoms with van der Waals surface area (Å²) in [5.74, 6) is -0.520. The summed E-state index contributed by atoms with van der Waals surface area (Å²) in [5, 5.41) is 10.3. The molecule has 0 fully saturated rings. The smallest absolute Gasteiger partial charge is 0.251 e. The first-order valence-corrected chi connectivity index (χ1v) is 6.63. The highest BCUT2D eigenvalue weighted by Gasteiger charge is 2.16. The highest BCUT2D eigenvalue weighted by molar-refractivity contribution is 7.19. The molecule has 19 heavy (non-hydrogen) atoms. The lowest BCUT2D eigenvalue weighted by Gasteiger charge is -2.17. The molecule has 1 heterocycles. The normalized spacial score (nSPS) is 11.5. The molecule has 0 aliphatic carbocycles. The second-order valence-electron chi connectivity index (χ2n) is 4.89. The van der Waals surface area contributed by atoms with E-state index in [1.165, 1.54) is 11.3 Å². The first kappa shape index (κ1) is 13.6. The van der Waals surface area contributed by atoms with Crippen LogP contribution >= 0.6 is 11.3 Å². The number of nitrogen functional groups attached to an aromatic ring is 1. The van der Waals surface area contributed by atoms with E-state index in [1.54, 1.807) is 19.9 Å². The molecule has 0 saturated heterocycles. The largest absolute Gasteiger partial charge is 0.390 e. The number of carbonyl (C=O) groups is 1. The van der Waals surface area contributed by atoms with Crippen LogP contribution in [-0.2, 0) is 5.60 Å². The van der Waals surface area contributed by atoms with E-state index < -0.39 is 11.5 Å². The molecule has 2 rings (SSSR count). The van der Waals surface area contributed by atoms with Gasteiger partial charge in [0.1, 0.15) is 0 Å². The van der Waals surface area contributed by atoms with Crippen LogP contribution < -0.4 is 11.5 Å². The Morgan fingerprint density at radius 2 is 1.84 bits per heavy atom. The third kappa shape index (κ3) is 2.77. The molecular formula is C14H16N2O2S. The van der Waals surface area contributed by atoms with Crippen molar-refractivity contribution in [2.45, 2.75) is 19.4 Å². The van der Waals surface area contributed by atoms with Gasteiger partial charge in [0.25, 0.3) is 5.91 Å². The fourth-order valence-electron chi connectivity index (χ4n) is 1.78. The predicted molar refractivity (Wildman–Crippen MR) is 77.9 cm³/mol. The molecule has 1 aromatic carbocycles. The Hall–Kier alpha value is -1.85. The summed E-state index contributed by atoms with van der Waals surface area (Å²) in [5.41, 5.74) is 12.3. The molecule has 0 unspecified atom stereocenters. The molecule has 0 atom stereocenters. The minimum absolute atomic E-state index is 0.353. The highest BCUT2D eigenvalue weighted by atomic mass is 32.1.